The maximum Gasteiger partial charge on any atom is 0.138 e. The first-order valence-electron chi connectivity index (χ1n) is 15.3. The van der Waals surface area contributed by atoms with E-state index in [0.717, 1.165) is 47.7 Å². The van der Waals surface area contributed by atoms with E-state index in [1.54, 1.807) is 6.07 Å². The van der Waals surface area contributed by atoms with Gasteiger partial charge in [-0.1, -0.05) is 50.5 Å². The van der Waals surface area contributed by atoms with Crippen LogP contribution < -0.4 is 4.74 Å². The highest BCUT2D eigenvalue weighted by molar-refractivity contribution is 5.82. The number of halogens is 1. The molecule has 1 N–H and O–H groups in total. The molecule has 3 aromatic carbocycles. The smallest absolute Gasteiger partial charge is 0.138 e. The van der Waals surface area contributed by atoms with Gasteiger partial charge in [-0.15, -0.1) is 0 Å². The van der Waals surface area contributed by atoms with Gasteiger partial charge in [-0.25, -0.2) is 9.37 Å². The number of epoxide rings is 1. The molecule has 6 heteroatoms. The number of hydrogen-bond donors (Lipinski definition) is 1. The van der Waals surface area contributed by atoms with E-state index >= 15 is 0 Å². The molecule has 0 bridgehead atoms. The minimum atomic E-state index is -0.106. The molecule has 3 heterocycles. The van der Waals surface area contributed by atoms with Crippen molar-refractivity contribution in [3.05, 3.63) is 82.9 Å². The minimum Gasteiger partial charge on any atom is -0.492 e. The van der Waals surface area contributed by atoms with Crippen molar-refractivity contribution >= 4 is 11.0 Å². The Hall–Kier alpha value is -3.22. The van der Waals surface area contributed by atoms with Crippen LogP contribution in [0, 0.1) is 31.5 Å². The number of aromatic nitrogens is 2. The first-order chi connectivity index (χ1) is 19.9. The van der Waals surface area contributed by atoms with Crippen LogP contribution in [0.2, 0.25) is 0 Å². The summed E-state index contributed by atoms with van der Waals surface area (Å²) in [6, 6.07) is 18.7. The molecule has 41 heavy (non-hydrogen) atoms. The Morgan fingerprint density at radius 2 is 1.83 bits per heavy atom. The summed E-state index contributed by atoms with van der Waals surface area (Å²) in [6.07, 6.45) is 6.51. The number of ether oxygens (including phenoxy) is 2. The van der Waals surface area contributed by atoms with Crippen molar-refractivity contribution in [1.82, 2.24) is 14.9 Å². The zero-order valence-corrected chi connectivity index (χ0v) is 24.3. The molecule has 2 fully saturated rings. The number of nitrogens with one attached hydrogen (secondary N) is 1. The Bertz CT molecular complexity index is 1560. The number of fused-ring (bicyclic) bond motifs is 2. The van der Waals surface area contributed by atoms with Gasteiger partial charge in [0.25, 0.3) is 0 Å². The quantitative estimate of drug-likeness (QED) is 0.202. The SMILES string of the molecule is Cc1nc2ccc(-c3ccc4c(c3)CN(C3OC3C(C)C3CCCCC(c5ccc(F)c(C)c5)C3)CCO4)cc2[nH]1. The van der Waals surface area contributed by atoms with Crippen LogP contribution in [-0.2, 0) is 11.3 Å². The summed E-state index contributed by atoms with van der Waals surface area (Å²) in [5.41, 5.74) is 7.68. The van der Waals surface area contributed by atoms with Crippen LogP contribution in [0.5, 0.6) is 5.75 Å². The maximum atomic E-state index is 13.9. The van der Waals surface area contributed by atoms with Gasteiger partial charge >= 0.3 is 0 Å². The number of hydrogen-bond acceptors (Lipinski definition) is 4. The number of nitrogens with zero attached hydrogens (tertiary/aromatic N) is 2. The zero-order valence-electron chi connectivity index (χ0n) is 24.3. The lowest BCUT2D eigenvalue weighted by atomic mass is 9.80. The average molecular weight is 554 g/mol. The molecular formula is C35H40FN3O2. The van der Waals surface area contributed by atoms with E-state index in [9.17, 15) is 4.39 Å². The van der Waals surface area contributed by atoms with Crippen molar-refractivity contribution in [3.8, 4) is 16.9 Å². The van der Waals surface area contributed by atoms with Crippen molar-refractivity contribution in [2.24, 2.45) is 11.8 Å². The fourth-order valence-electron chi connectivity index (χ4n) is 7.29. The Kier molecular flexibility index (Phi) is 7.08. The van der Waals surface area contributed by atoms with Gasteiger partial charge in [-0.3, -0.25) is 4.90 Å². The second kappa shape index (κ2) is 10.9. The fourth-order valence-corrected chi connectivity index (χ4v) is 7.29. The van der Waals surface area contributed by atoms with E-state index in [1.165, 1.54) is 47.9 Å². The first kappa shape index (κ1) is 26.7. The molecule has 4 aromatic rings. The van der Waals surface area contributed by atoms with Crippen LogP contribution >= 0.6 is 0 Å². The van der Waals surface area contributed by atoms with Crippen LogP contribution in [-0.4, -0.2) is 40.4 Å². The molecule has 1 aliphatic carbocycles. The molecule has 5 unspecified atom stereocenters. The summed E-state index contributed by atoms with van der Waals surface area (Å²) < 4.78 is 26.6. The summed E-state index contributed by atoms with van der Waals surface area (Å²) in [4.78, 5) is 10.4. The van der Waals surface area contributed by atoms with Crippen LogP contribution in [0.15, 0.2) is 54.6 Å². The molecule has 5 nitrogen and oxygen atoms in total. The van der Waals surface area contributed by atoms with Gasteiger partial charge in [0, 0.05) is 18.7 Å². The summed E-state index contributed by atoms with van der Waals surface area (Å²) in [6.45, 7) is 8.61. The second-order valence-electron chi connectivity index (χ2n) is 12.5. The lowest BCUT2D eigenvalue weighted by Crippen LogP contribution is -2.32. The van der Waals surface area contributed by atoms with Gasteiger partial charge < -0.3 is 14.5 Å². The maximum absolute atomic E-state index is 13.9. The van der Waals surface area contributed by atoms with Gasteiger partial charge in [0.1, 0.15) is 36.3 Å². The molecule has 7 rings (SSSR count). The number of rotatable bonds is 5. The predicted molar refractivity (Wildman–Crippen MR) is 160 cm³/mol. The highest BCUT2D eigenvalue weighted by Crippen LogP contribution is 2.45. The fraction of sp³-hybridized carbons (Fsp3) is 0.457. The Balaban J connectivity index is 1.05. The summed E-state index contributed by atoms with van der Waals surface area (Å²) in [5, 5.41) is 0. The average Bonchev–Trinajstić information content (AvgIpc) is 3.75. The van der Waals surface area contributed by atoms with Gasteiger partial charge in [0.05, 0.1) is 11.0 Å². The molecular weight excluding hydrogens is 513 g/mol. The van der Waals surface area contributed by atoms with Gasteiger partial charge in [-0.05, 0) is 97.0 Å². The normalized spacial score (nSPS) is 25.7. The van der Waals surface area contributed by atoms with E-state index in [1.807, 2.05) is 19.9 Å². The topological polar surface area (TPSA) is 53.7 Å². The van der Waals surface area contributed by atoms with Gasteiger partial charge in [0.15, 0.2) is 0 Å². The van der Waals surface area contributed by atoms with E-state index in [2.05, 4.69) is 64.3 Å². The Morgan fingerprint density at radius 3 is 2.71 bits per heavy atom. The molecule has 0 spiro atoms. The number of imidazole rings is 1. The van der Waals surface area contributed by atoms with Crippen molar-refractivity contribution in [1.29, 1.82) is 0 Å². The molecule has 214 valence electrons. The number of aromatic amines is 1. The lowest BCUT2D eigenvalue weighted by molar-refractivity contribution is 0.153. The van der Waals surface area contributed by atoms with Crippen molar-refractivity contribution < 1.29 is 13.9 Å². The highest BCUT2D eigenvalue weighted by atomic mass is 19.1. The van der Waals surface area contributed by atoms with Crippen LogP contribution in [0.25, 0.3) is 22.2 Å². The monoisotopic (exact) mass is 553 g/mol. The third-order valence-electron chi connectivity index (χ3n) is 9.74. The van der Waals surface area contributed by atoms with E-state index in [0.29, 0.717) is 24.4 Å². The summed E-state index contributed by atoms with van der Waals surface area (Å²) in [7, 11) is 0. The molecule has 3 aliphatic rings. The first-order valence-corrected chi connectivity index (χ1v) is 15.3. The molecule has 1 saturated heterocycles. The Morgan fingerprint density at radius 1 is 1.00 bits per heavy atom. The minimum absolute atomic E-state index is 0.106. The van der Waals surface area contributed by atoms with Crippen molar-refractivity contribution in [3.63, 3.8) is 0 Å². The number of aryl methyl sites for hydroxylation is 2. The molecule has 2 aliphatic heterocycles. The van der Waals surface area contributed by atoms with Gasteiger partial charge in [-0.2, -0.15) is 0 Å². The molecule has 0 radical (unpaired) electrons. The van der Waals surface area contributed by atoms with Crippen molar-refractivity contribution in [2.75, 3.05) is 13.2 Å². The molecule has 5 atom stereocenters. The predicted octanol–water partition coefficient (Wildman–Crippen LogP) is 7.91. The van der Waals surface area contributed by atoms with Gasteiger partial charge in [0.2, 0.25) is 0 Å². The Labute approximate surface area is 242 Å². The highest BCUT2D eigenvalue weighted by Gasteiger charge is 2.49. The van der Waals surface area contributed by atoms with Crippen LogP contribution in [0.1, 0.15) is 67.5 Å². The number of benzene rings is 3. The summed E-state index contributed by atoms with van der Waals surface area (Å²) >= 11 is 0. The van der Waals surface area contributed by atoms with Crippen LogP contribution in [0.3, 0.4) is 0 Å². The third kappa shape index (κ3) is 5.40. The summed E-state index contributed by atoms with van der Waals surface area (Å²) in [5.74, 6) is 3.41. The third-order valence-corrected chi connectivity index (χ3v) is 9.74. The second-order valence-corrected chi connectivity index (χ2v) is 12.5. The van der Waals surface area contributed by atoms with Crippen molar-refractivity contribution in [2.45, 2.75) is 77.7 Å². The lowest BCUT2D eigenvalue weighted by Gasteiger charge is -2.26. The standard InChI is InChI=1S/C35H40FN3O2/c1-21-16-26(8-11-30(21)36)25-7-5-4-6-24(17-25)22(2)34-35(41-34)39-14-15-40-33-13-10-27(18-29(33)20-39)28-9-12-31-32(19-28)38-23(3)37-31/h8-13,16,18-19,22,24-25,34-35H,4-7,14-15,17,20H2,1-3H3,(H,37,38). The number of H-pyrrole nitrogens is 1. The van der Waals surface area contributed by atoms with E-state index in [4.69, 9.17) is 9.47 Å². The zero-order chi connectivity index (χ0) is 28.1. The molecule has 0 amide bonds. The van der Waals surface area contributed by atoms with Crippen LogP contribution in [0.4, 0.5) is 4.39 Å². The molecule has 1 saturated carbocycles. The van der Waals surface area contributed by atoms with E-state index in [-0.39, 0.29) is 18.1 Å². The van der Waals surface area contributed by atoms with E-state index < -0.39 is 0 Å². The molecule has 1 aromatic heterocycles. The largest absolute Gasteiger partial charge is 0.492 e.